The van der Waals surface area contributed by atoms with Crippen LogP contribution < -0.4 is 22.8 Å². The van der Waals surface area contributed by atoms with Crippen molar-refractivity contribution in [1.29, 1.82) is 0 Å². The highest BCUT2D eigenvalue weighted by Gasteiger charge is 2.22. The van der Waals surface area contributed by atoms with Crippen LogP contribution in [-0.4, -0.2) is 44.9 Å². The lowest BCUT2D eigenvalue weighted by atomic mass is 9.96. The molecule has 0 radical (unpaired) electrons. The normalized spacial score (nSPS) is 12.7. The molecule has 0 aromatic carbocycles. The van der Waals surface area contributed by atoms with Crippen molar-refractivity contribution < 1.29 is 20.4 Å². The van der Waals surface area contributed by atoms with Crippen molar-refractivity contribution in [2.75, 3.05) is 5.73 Å². The van der Waals surface area contributed by atoms with Gasteiger partial charge < -0.3 is 26.2 Å². The lowest BCUT2D eigenvalue weighted by molar-refractivity contribution is -0.0531. The summed E-state index contributed by atoms with van der Waals surface area (Å²) in [5, 5.41) is 37.9. The first-order valence-corrected chi connectivity index (χ1v) is 8.42. The van der Waals surface area contributed by atoms with Crippen LogP contribution in [0.4, 0.5) is 5.95 Å². The van der Waals surface area contributed by atoms with Gasteiger partial charge in [0.25, 0.3) is 0 Å². The monoisotopic (exact) mass is 398 g/mol. The van der Waals surface area contributed by atoms with E-state index in [4.69, 9.17) is 5.73 Å². The zero-order valence-corrected chi connectivity index (χ0v) is 15.0. The van der Waals surface area contributed by atoms with Gasteiger partial charge in [0.2, 0.25) is 5.95 Å². The van der Waals surface area contributed by atoms with E-state index >= 15 is 0 Å². The van der Waals surface area contributed by atoms with Gasteiger partial charge in [0.1, 0.15) is 11.4 Å². The molecule has 0 saturated heterocycles. The van der Waals surface area contributed by atoms with E-state index in [0.717, 1.165) is 4.57 Å². The van der Waals surface area contributed by atoms with Crippen molar-refractivity contribution >= 4 is 5.95 Å². The van der Waals surface area contributed by atoms with E-state index in [1.165, 1.54) is 0 Å². The summed E-state index contributed by atoms with van der Waals surface area (Å²) in [4.78, 5) is 45.8. The van der Waals surface area contributed by atoms with Crippen molar-refractivity contribution in [3.8, 4) is 0 Å². The van der Waals surface area contributed by atoms with E-state index < -0.39 is 29.6 Å². The van der Waals surface area contributed by atoms with Crippen LogP contribution >= 0.6 is 0 Å². The number of hydrogen-bond acceptors (Lipinski definition) is 10. The smallest absolute Gasteiger partial charge is 0.333 e. The van der Waals surface area contributed by atoms with Crippen molar-refractivity contribution in [3.05, 3.63) is 48.4 Å². The zero-order valence-electron chi connectivity index (χ0n) is 15.0. The highest BCUT2D eigenvalue weighted by Crippen LogP contribution is 2.25. The minimum Gasteiger partial charge on any atom is -0.368 e. The average Bonchev–Trinajstić information content (AvgIpc) is 2.58. The molecule has 8 N–H and O–H groups in total. The highest BCUT2D eigenvalue weighted by molar-refractivity contribution is 5.33. The van der Waals surface area contributed by atoms with Gasteiger partial charge in [-0.3, -0.25) is 9.97 Å². The summed E-state index contributed by atoms with van der Waals surface area (Å²) in [5.41, 5.74) is 2.63. The van der Waals surface area contributed by atoms with Gasteiger partial charge in [-0.1, -0.05) is 6.92 Å². The summed E-state index contributed by atoms with van der Waals surface area (Å²) in [5.74, 6) is -0.400. The van der Waals surface area contributed by atoms with Gasteiger partial charge in [0, 0.05) is 12.1 Å². The van der Waals surface area contributed by atoms with Gasteiger partial charge in [-0.2, -0.15) is 0 Å². The first kappa shape index (κ1) is 21.4. The molecule has 28 heavy (non-hydrogen) atoms. The maximum atomic E-state index is 11.7. The number of aliphatic hydroxyl groups is 4. The van der Waals surface area contributed by atoms with Crippen LogP contribution in [0.15, 0.2) is 14.4 Å². The molecule has 0 saturated carbocycles. The van der Waals surface area contributed by atoms with Crippen LogP contribution in [0.1, 0.15) is 49.3 Å². The lowest BCUT2D eigenvalue weighted by Gasteiger charge is -2.18. The number of H-pyrrole nitrogens is 2. The van der Waals surface area contributed by atoms with Gasteiger partial charge in [0.05, 0.1) is 0 Å². The number of anilines is 1. The third-order valence-electron chi connectivity index (χ3n) is 4.24. The Balaban J connectivity index is 2.13. The first-order valence-electron chi connectivity index (χ1n) is 8.42. The molecule has 13 nitrogen and oxygen atoms in total. The maximum absolute atomic E-state index is 11.7. The largest absolute Gasteiger partial charge is 0.368 e. The highest BCUT2D eigenvalue weighted by atomic mass is 16.5. The standard InChI is InChI=1S/C15H22N6O7/c1-6(4-5-21-14(27)19-13(26)20-15(21)28)2-3-7-8(10(22)23)17-12(16)18-9(7)11(24)25/h6,10-11,22-25H,2-5H2,1H3,(H2,16,17,18)(H2,19,20,26,27,28). The van der Waals surface area contributed by atoms with Crippen LogP contribution in [0.5, 0.6) is 0 Å². The Labute approximate surface area is 157 Å². The fraction of sp³-hybridized carbons (Fsp3) is 0.533. The fourth-order valence-electron chi connectivity index (χ4n) is 2.76. The molecule has 0 aliphatic carbocycles. The second-order valence-electron chi connectivity index (χ2n) is 6.35. The van der Waals surface area contributed by atoms with Crippen molar-refractivity contribution in [3.63, 3.8) is 0 Å². The Bertz CT molecular complexity index is 930. The Morgan fingerprint density at radius 2 is 1.46 bits per heavy atom. The molecule has 2 aromatic rings. The Morgan fingerprint density at radius 3 is 1.93 bits per heavy atom. The Morgan fingerprint density at radius 1 is 0.964 bits per heavy atom. The second kappa shape index (κ2) is 8.88. The number of nitrogens with two attached hydrogens (primary N) is 1. The van der Waals surface area contributed by atoms with E-state index in [-0.39, 0.29) is 41.8 Å². The van der Waals surface area contributed by atoms with Crippen LogP contribution in [0.25, 0.3) is 0 Å². The molecule has 0 amide bonds. The van der Waals surface area contributed by atoms with Crippen LogP contribution in [0.2, 0.25) is 0 Å². The molecule has 2 aromatic heterocycles. The van der Waals surface area contributed by atoms with Gasteiger partial charge in [0.15, 0.2) is 12.6 Å². The molecule has 0 bridgehead atoms. The third-order valence-corrected chi connectivity index (χ3v) is 4.24. The van der Waals surface area contributed by atoms with Gasteiger partial charge in [-0.25, -0.2) is 28.9 Å². The van der Waals surface area contributed by atoms with Crippen molar-refractivity contribution in [2.24, 2.45) is 5.92 Å². The third kappa shape index (κ3) is 5.10. The summed E-state index contributed by atoms with van der Waals surface area (Å²) in [6, 6.07) is 0. The molecular formula is C15H22N6O7. The SMILES string of the molecule is CC(CCc1c(C(O)O)nc(N)nc1C(O)O)CCn1c(=O)[nH]c(=O)[nH]c1=O. The summed E-state index contributed by atoms with van der Waals surface area (Å²) in [6.45, 7) is 1.88. The number of aromatic amines is 2. The van der Waals surface area contributed by atoms with Crippen LogP contribution in [-0.2, 0) is 13.0 Å². The topological polar surface area (TPSA) is 220 Å². The minimum atomic E-state index is -1.98. The van der Waals surface area contributed by atoms with E-state index in [2.05, 4.69) is 9.97 Å². The zero-order chi connectivity index (χ0) is 21.0. The average molecular weight is 398 g/mol. The number of nitrogen functional groups attached to an aromatic ring is 1. The molecule has 1 atom stereocenters. The molecule has 2 rings (SSSR count). The lowest BCUT2D eigenvalue weighted by Crippen LogP contribution is -2.43. The van der Waals surface area contributed by atoms with E-state index in [0.29, 0.717) is 12.8 Å². The van der Waals surface area contributed by atoms with Crippen LogP contribution in [0.3, 0.4) is 0 Å². The Hall–Kier alpha value is -2.87. The molecule has 0 fully saturated rings. The number of hydrogen-bond donors (Lipinski definition) is 7. The maximum Gasteiger partial charge on any atom is 0.333 e. The van der Waals surface area contributed by atoms with Crippen LogP contribution in [0, 0.1) is 5.92 Å². The van der Waals surface area contributed by atoms with E-state index in [9.17, 15) is 34.8 Å². The number of nitrogens with zero attached hydrogens (tertiary/aromatic N) is 3. The van der Waals surface area contributed by atoms with Crippen molar-refractivity contribution in [1.82, 2.24) is 24.5 Å². The number of rotatable bonds is 8. The number of nitrogens with one attached hydrogen (secondary N) is 2. The van der Waals surface area contributed by atoms with Gasteiger partial charge >= 0.3 is 17.1 Å². The Kier molecular flexibility index (Phi) is 6.80. The fourth-order valence-corrected chi connectivity index (χ4v) is 2.76. The number of aliphatic hydroxyl groups excluding tert-OH is 2. The number of aromatic nitrogens is 5. The van der Waals surface area contributed by atoms with Crippen molar-refractivity contribution in [2.45, 2.75) is 45.3 Å². The molecular weight excluding hydrogens is 376 g/mol. The second-order valence-corrected chi connectivity index (χ2v) is 6.35. The predicted molar refractivity (Wildman–Crippen MR) is 94.8 cm³/mol. The molecule has 2 heterocycles. The van der Waals surface area contributed by atoms with Gasteiger partial charge in [-0.05, 0) is 25.2 Å². The molecule has 1 unspecified atom stereocenters. The van der Waals surface area contributed by atoms with E-state index in [1.807, 2.05) is 16.9 Å². The van der Waals surface area contributed by atoms with E-state index in [1.54, 1.807) is 0 Å². The summed E-state index contributed by atoms with van der Waals surface area (Å²) in [7, 11) is 0. The molecule has 0 aliphatic heterocycles. The first-order chi connectivity index (χ1) is 13.1. The molecule has 13 heteroatoms. The molecule has 154 valence electrons. The molecule has 0 spiro atoms. The van der Waals surface area contributed by atoms with Gasteiger partial charge in [-0.15, -0.1) is 0 Å². The summed E-state index contributed by atoms with van der Waals surface area (Å²) >= 11 is 0. The summed E-state index contributed by atoms with van der Waals surface area (Å²) in [6.07, 6.45) is -2.99. The predicted octanol–water partition coefficient (Wildman–Crippen LogP) is -2.78. The minimum absolute atomic E-state index is 0.0509. The molecule has 0 aliphatic rings. The summed E-state index contributed by atoms with van der Waals surface area (Å²) < 4.78 is 0.857. The quantitative estimate of drug-likeness (QED) is 0.227.